The Labute approximate surface area is 261 Å². The molecule has 3 unspecified atom stereocenters. The first-order valence-electron chi connectivity index (χ1n) is 15.3. The van der Waals surface area contributed by atoms with Gasteiger partial charge in [0.15, 0.2) is 0 Å². The van der Waals surface area contributed by atoms with Gasteiger partial charge in [-0.05, 0) is 112 Å². The lowest BCUT2D eigenvalue weighted by Gasteiger charge is -2.11. The number of allylic oxidation sites excluding steroid dienone is 1. The number of rotatable bonds is 9. The number of nitrogens with zero attached hydrogens (tertiary/aromatic N) is 1. The van der Waals surface area contributed by atoms with Crippen molar-refractivity contribution in [1.29, 1.82) is 0 Å². The molecule has 2 aliphatic rings. The molecule has 5 heterocycles. The zero-order valence-corrected chi connectivity index (χ0v) is 26.9. The Hall–Kier alpha value is -4.41. The van der Waals surface area contributed by atoms with Crippen LogP contribution >= 0.6 is 0 Å². The fourth-order valence-corrected chi connectivity index (χ4v) is 6.65. The van der Waals surface area contributed by atoms with Crippen LogP contribution in [0.1, 0.15) is 97.0 Å². The summed E-state index contributed by atoms with van der Waals surface area (Å²) in [4.78, 5) is 38.9. The smallest absolute Gasteiger partial charge is 0.303 e. The summed E-state index contributed by atoms with van der Waals surface area (Å²) in [6.07, 6.45) is 7.60. The Morgan fingerprint density at radius 2 is 1.44 bits per heavy atom. The molecule has 3 aromatic heterocycles. The van der Waals surface area contributed by atoms with Gasteiger partial charge in [-0.3, -0.25) is 14.6 Å². The minimum absolute atomic E-state index is 0.0326. The highest BCUT2D eigenvalue weighted by Gasteiger charge is 2.25. The Morgan fingerprint density at radius 3 is 2.09 bits per heavy atom. The van der Waals surface area contributed by atoms with Crippen molar-refractivity contribution in [3.05, 3.63) is 77.3 Å². The lowest BCUT2D eigenvalue weighted by Crippen LogP contribution is -2.17. The third kappa shape index (κ3) is 6.12. The van der Waals surface area contributed by atoms with E-state index in [0.717, 1.165) is 77.3 Å². The second-order valence-electron chi connectivity index (χ2n) is 12.1. The number of carbonyl (C=O) groups is 2. The van der Waals surface area contributed by atoms with Crippen LogP contribution in [0.25, 0.3) is 24.3 Å². The van der Waals surface area contributed by atoms with Crippen LogP contribution in [-0.2, 0) is 20.7 Å². The fourth-order valence-electron chi connectivity index (χ4n) is 6.65. The molecular formula is C35H42N4O6. The van der Waals surface area contributed by atoms with Crippen LogP contribution in [0, 0.1) is 20.8 Å². The number of carboxylic acids is 2. The molecule has 0 fully saturated rings. The lowest BCUT2D eigenvalue weighted by molar-refractivity contribution is -0.137. The molecule has 3 aromatic rings. The highest BCUT2D eigenvalue weighted by atomic mass is 16.5. The second-order valence-corrected chi connectivity index (χ2v) is 12.1. The molecule has 0 spiro atoms. The third-order valence-electron chi connectivity index (χ3n) is 9.23. The molecule has 0 saturated heterocycles. The molecular weight excluding hydrogens is 572 g/mol. The van der Waals surface area contributed by atoms with Crippen molar-refractivity contribution < 1.29 is 29.6 Å². The minimum atomic E-state index is -0.894. The summed E-state index contributed by atoms with van der Waals surface area (Å²) in [7, 11) is 1.68. The van der Waals surface area contributed by atoms with E-state index in [-0.39, 0.29) is 25.0 Å². The van der Waals surface area contributed by atoms with Crippen LogP contribution in [0.5, 0.6) is 0 Å². The van der Waals surface area contributed by atoms with Crippen LogP contribution < -0.4 is 21.4 Å². The van der Waals surface area contributed by atoms with Crippen molar-refractivity contribution in [3.8, 4) is 0 Å². The molecule has 45 heavy (non-hydrogen) atoms. The minimum Gasteiger partial charge on any atom is -0.481 e. The van der Waals surface area contributed by atoms with Crippen molar-refractivity contribution >= 4 is 42.0 Å². The van der Waals surface area contributed by atoms with E-state index in [9.17, 15) is 24.9 Å². The maximum atomic E-state index is 11.6. The molecule has 238 valence electrons. The van der Waals surface area contributed by atoms with Crippen molar-refractivity contribution in [2.45, 2.75) is 85.5 Å². The van der Waals surface area contributed by atoms with Crippen molar-refractivity contribution in [2.75, 3.05) is 7.11 Å². The number of hydrogen-bond donors (Lipinski definition) is 6. The predicted molar refractivity (Wildman–Crippen MR) is 174 cm³/mol. The highest BCUT2D eigenvalue weighted by Crippen LogP contribution is 2.29. The van der Waals surface area contributed by atoms with Crippen LogP contribution in [0.4, 0.5) is 0 Å². The number of aliphatic hydroxyl groups is 1. The van der Waals surface area contributed by atoms with E-state index in [2.05, 4.69) is 15.0 Å². The van der Waals surface area contributed by atoms with Gasteiger partial charge in [-0.2, -0.15) is 0 Å². The maximum absolute atomic E-state index is 11.6. The van der Waals surface area contributed by atoms with Crippen LogP contribution in [0.15, 0.2) is 16.1 Å². The fraction of sp³-hybridized carbons (Fsp3) is 0.400. The number of hydrogen-bond acceptors (Lipinski definition) is 5. The van der Waals surface area contributed by atoms with E-state index in [1.54, 1.807) is 14.0 Å². The number of aromatic nitrogens is 3. The summed E-state index contributed by atoms with van der Waals surface area (Å²) in [6.45, 7) is 11.7. The van der Waals surface area contributed by atoms with Crippen LogP contribution in [0.2, 0.25) is 0 Å². The number of carboxylic acid groups (broad SMARTS) is 2. The molecule has 10 nitrogen and oxygen atoms in total. The van der Waals surface area contributed by atoms with E-state index < -0.39 is 18.0 Å². The van der Waals surface area contributed by atoms with E-state index in [1.165, 1.54) is 0 Å². The Kier molecular flexibility index (Phi) is 8.91. The van der Waals surface area contributed by atoms with Gasteiger partial charge in [-0.15, -0.1) is 0 Å². The molecule has 8 bridgehead atoms. The molecule has 2 aliphatic heterocycles. The average Bonchev–Trinajstić information content (AvgIpc) is 3.63. The topological polar surface area (TPSA) is 164 Å². The third-order valence-corrected chi connectivity index (χ3v) is 9.23. The molecule has 0 aliphatic carbocycles. The second kappa shape index (κ2) is 12.5. The quantitative estimate of drug-likeness (QED) is 0.217. The van der Waals surface area contributed by atoms with E-state index in [1.807, 2.05) is 58.9 Å². The molecule has 0 aromatic carbocycles. The summed E-state index contributed by atoms with van der Waals surface area (Å²) >= 11 is 0. The molecule has 0 radical (unpaired) electrons. The van der Waals surface area contributed by atoms with Gasteiger partial charge >= 0.3 is 11.9 Å². The first-order chi connectivity index (χ1) is 21.3. The summed E-state index contributed by atoms with van der Waals surface area (Å²) < 4.78 is 5.78. The van der Waals surface area contributed by atoms with Crippen LogP contribution in [-0.4, -0.2) is 61.1 Å². The average molecular weight is 615 g/mol. The summed E-state index contributed by atoms with van der Waals surface area (Å²) in [5.74, 6) is -1.78. The van der Waals surface area contributed by atoms with Gasteiger partial charge in [-0.25, -0.2) is 0 Å². The Bertz CT molecular complexity index is 2000. The molecule has 6 N–H and O–H groups in total. The summed E-state index contributed by atoms with van der Waals surface area (Å²) in [5.41, 5.74) is 9.75. The van der Waals surface area contributed by atoms with Gasteiger partial charge < -0.3 is 35.0 Å². The monoisotopic (exact) mass is 614 g/mol. The lowest BCUT2D eigenvalue weighted by atomic mass is 9.97. The van der Waals surface area contributed by atoms with Crippen molar-refractivity contribution in [2.24, 2.45) is 4.99 Å². The van der Waals surface area contributed by atoms with Gasteiger partial charge in [-0.1, -0.05) is 0 Å². The van der Waals surface area contributed by atoms with Gasteiger partial charge in [0.1, 0.15) is 0 Å². The van der Waals surface area contributed by atoms with Crippen molar-refractivity contribution in [3.63, 3.8) is 0 Å². The normalized spacial score (nSPS) is 20.2. The standard InChI is InChI=1S/C35H42N4O6/c1-16-22(8-10-32(41)42)28-15-29-23(9-11-33(43)44)17(2)25(37-29)13-30-34(20(5)40)18(3)27(38-30)14-31-35(21(6)45-7)19(4)26(39-31)12-24(16)36-28/h12-15,20-21,25,36,38-40H,8-11H2,1-7H3,(H,41,42)(H,43,44)/b24-12-,27-14-,28-15-,30-13-. The summed E-state index contributed by atoms with van der Waals surface area (Å²) in [6, 6.07) is -0.385. The first-order valence-corrected chi connectivity index (χ1v) is 15.3. The largest absolute Gasteiger partial charge is 0.481 e. The van der Waals surface area contributed by atoms with Gasteiger partial charge in [0.05, 0.1) is 24.0 Å². The Morgan fingerprint density at radius 1 is 0.822 bits per heavy atom. The number of ether oxygens (including phenoxy) is 1. The van der Waals surface area contributed by atoms with Crippen molar-refractivity contribution in [1.82, 2.24) is 15.0 Å². The first kappa shape index (κ1) is 32.0. The molecule has 0 saturated carbocycles. The molecule has 5 rings (SSSR count). The number of aliphatic imine (C=N–C) groups is 1. The highest BCUT2D eigenvalue weighted by molar-refractivity contribution is 6.22. The number of methoxy groups -OCH3 is 1. The van der Waals surface area contributed by atoms with Gasteiger partial charge in [0, 0.05) is 63.9 Å². The SMILES string of the molecule is COC(C)c1c2[nH]c(c1C)/C=c1\[nH]/c(c(CCC(=O)O)c1C)=C\C1=NC(/C=c3\[nH]/c(c(C)c3C(C)O)=C\2)C(C)=C1CCC(=O)O. The maximum Gasteiger partial charge on any atom is 0.303 e. The zero-order valence-electron chi connectivity index (χ0n) is 26.9. The Balaban J connectivity index is 1.90. The predicted octanol–water partition coefficient (Wildman–Crippen LogP) is 2.61. The number of nitrogens with one attached hydrogen (secondary N) is 3. The van der Waals surface area contributed by atoms with Gasteiger partial charge in [0.25, 0.3) is 0 Å². The van der Waals surface area contributed by atoms with E-state index in [4.69, 9.17) is 9.73 Å². The van der Waals surface area contributed by atoms with E-state index >= 15 is 0 Å². The number of aliphatic hydroxyl groups excluding tert-OH is 1. The zero-order chi connectivity index (χ0) is 32.7. The molecule has 3 atom stereocenters. The van der Waals surface area contributed by atoms with Crippen LogP contribution in [0.3, 0.4) is 0 Å². The number of aromatic amines is 3. The molecule has 0 amide bonds. The summed E-state index contributed by atoms with van der Waals surface area (Å²) in [5, 5.41) is 33.1. The number of fused-ring (bicyclic) bond motifs is 7. The number of aliphatic carboxylic acids is 2. The van der Waals surface area contributed by atoms with E-state index in [0.29, 0.717) is 18.6 Å². The number of H-pyrrole nitrogens is 3. The molecule has 10 heteroatoms. The van der Waals surface area contributed by atoms with Gasteiger partial charge in [0.2, 0.25) is 0 Å².